The maximum atomic E-state index is 9.66. The number of guanidine groups is 1. The smallest absolute Gasteiger partial charge is 0.240 e. The number of pyridine rings is 1. The molecule has 1 aliphatic heterocycles. The first-order valence-corrected chi connectivity index (χ1v) is 10.4. The van der Waals surface area contributed by atoms with Crippen LogP contribution >= 0.6 is 0 Å². The van der Waals surface area contributed by atoms with Crippen LogP contribution < -0.4 is 15.0 Å². The van der Waals surface area contributed by atoms with Crippen LogP contribution in [-0.2, 0) is 19.4 Å². The number of aryl methyl sites for hydroxylation is 2. The minimum Gasteiger partial charge on any atom is -0.480 e. The van der Waals surface area contributed by atoms with E-state index in [0.29, 0.717) is 37.0 Å². The summed E-state index contributed by atoms with van der Waals surface area (Å²) in [4.78, 5) is 8.84. The van der Waals surface area contributed by atoms with E-state index < -0.39 is 0 Å². The maximum absolute atomic E-state index is 9.66. The summed E-state index contributed by atoms with van der Waals surface area (Å²) in [5, 5.41) is 25.9. The highest BCUT2D eigenvalue weighted by molar-refractivity contribution is 5.94. The van der Waals surface area contributed by atoms with Gasteiger partial charge < -0.3 is 30.2 Å². The van der Waals surface area contributed by atoms with Gasteiger partial charge in [-0.05, 0) is 30.5 Å². The molecular weight excluding hydrogens is 382 g/mol. The lowest BCUT2D eigenvalue weighted by Crippen LogP contribution is -2.51. The van der Waals surface area contributed by atoms with Crippen LogP contribution in [0.4, 0.5) is 11.4 Å². The van der Waals surface area contributed by atoms with Crippen LogP contribution in [0.25, 0.3) is 0 Å². The first kappa shape index (κ1) is 21.7. The third-order valence-electron chi connectivity index (χ3n) is 5.49. The van der Waals surface area contributed by atoms with Crippen LogP contribution in [0, 0.1) is 0 Å². The van der Waals surface area contributed by atoms with Crippen LogP contribution in [0.15, 0.2) is 35.5 Å². The van der Waals surface area contributed by atoms with E-state index in [2.05, 4.69) is 51.5 Å². The van der Waals surface area contributed by atoms with E-state index in [9.17, 15) is 10.3 Å². The van der Waals surface area contributed by atoms with Crippen LogP contribution in [0.5, 0.6) is 5.88 Å². The summed E-state index contributed by atoms with van der Waals surface area (Å²) in [7, 11) is 1.55. The van der Waals surface area contributed by atoms with E-state index in [0.717, 1.165) is 30.8 Å². The molecule has 2 heterocycles. The minimum absolute atomic E-state index is 0.115. The molecule has 0 spiro atoms. The first-order valence-electron chi connectivity index (χ1n) is 10.4. The van der Waals surface area contributed by atoms with Gasteiger partial charge in [0.2, 0.25) is 11.8 Å². The van der Waals surface area contributed by atoms with E-state index in [-0.39, 0.29) is 6.61 Å². The molecule has 0 radical (unpaired) electrons. The van der Waals surface area contributed by atoms with Gasteiger partial charge in [0.15, 0.2) is 0 Å². The second kappa shape index (κ2) is 10.2. The quantitative estimate of drug-likeness (QED) is 0.290. The van der Waals surface area contributed by atoms with Gasteiger partial charge in [0.25, 0.3) is 0 Å². The molecule has 0 unspecified atom stereocenters. The Morgan fingerprint density at radius 3 is 2.47 bits per heavy atom. The fraction of sp³-hybridized carbons (Fsp3) is 0.455. The molecule has 2 aromatic rings. The highest BCUT2D eigenvalue weighted by atomic mass is 16.5. The fourth-order valence-electron chi connectivity index (χ4n) is 3.83. The Bertz CT molecular complexity index is 879. The van der Waals surface area contributed by atoms with Gasteiger partial charge in [-0.1, -0.05) is 37.2 Å². The average Bonchev–Trinajstić information content (AvgIpc) is 2.82. The number of ether oxygens (including phenoxy) is 1. The van der Waals surface area contributed by atoms with Crippen molar-refractivity contribution in [3.63, 3.8) is 0 Å². The third kappa shape index (κ3) is 4.59. The molecule has 3 N–H and O–H groups in total. The summed E-state index contributed by atoms with van der Waals surface area (Å²) in [6.07, 6.45) is 1.68. The van der Waals surface area contributed by atoms with Crippen molar-refractivity contribution in [3.05, 3.63) is 47.2 Å². The van der Waals surface area contributed by atoms with Gasteiger partial charge >= 0.3 is 0 Å². The Morgan fingerprint density at radius 2 is 1.87 bits per heavy atom. The molecule has 1 saturated heterocycles. The second-order valence-electron chi connectivity index (χ2n) is 7.17. The Labute approximate surface area is 177 Å². The van der Waals surface area contributed by atoms with Crippen LogP contribution in [-0.4, -0.2) is 59.4 Å². The second-order valence-corrected chi connectivity index (χ2v) is 7.17. The number of aliphatic hydroxyl groups is 1. The summed E-state index contributed by atoms with van der Waals surface area (Å²) in [6.45, 7) is 7.09. The predicted molar refractivity (Wildman–Crippen MR) is 119 cm³/mol. The molecule has 8 nitrogen and oxygen atoms in total. The third-order valence-corrected chi connectivity index (χ3v) is 5.49. The van der Waals surface area contributed by atoms with E-state index in [1.165, 1.54) is 11.3 Å². The average molecular weight is 414 g/mol. The topological polar surface area (TPSA) is 93.5 Å². The van der Waals surface area contributed by atoms with Gasteiger partial charge in [0, 0.05) is 43.1 Å². The highest BCUT2D eigenvalue weighted by Gasteiger charge is 2.23. The number of hydrogen-bond donors (Lipinski definition) is 3. The molecule has 8 heteroatoms. The van der Waals surface area contributed by atoms with E-state index in [1.54, 1.807) is 13.2 Å². The number of aromatic nitrogens is 1. The number of benzene rings is 1. The van der Waals surface area contributed by atoms with E-state index in [1.807, 2.05) is 11.8 Å². The van der Waals surface area contributed by atoms with Gasteiger partial charge in [-0.3, -0.25) is 0 Å². The molecule has 1 aliphatic rings. The molecule has 1 aromatic heterocycles. The number of aliphatic hydroxyl groups excluding tert-OH is 1. The number of piperazine rings is 1. The van der Waals surface area contributed by atoms with Crippen LogP contribution in [0.2, 0.25) is 0 Å². The lowest BCUT2D eigenvalue weighted by atomic mass is 10.1. The Hall–Kier alpha value is -3.00. The molecule has 0 bridgehead atoms. The van der Waals surface area contributed by atoms with Gasteiger partial charge in [0.1, 0.15) is 5.69 Å². The van der Waals surface area contributed by atoms with Crippen molar-refractivity contribution in [2.75, 3.05) is 43.5 Å². The number of para-hydroxylation sites is 1. The number of methoxy groups -OCH3 is 1. The van der Waals surface area contributed by atoms with Crippen LogP contribution in [0.1, 0.15) is 30.7 Å². The zero-order valence-electron chi connectivity index (χ0n) is 17.9. The standard InChI is InChI=1S/C22H31N5O3/c1-4-16-8-6-7-9-20(16)26-10-12-27(13-11-26)22(25-29)24-19-14-17(15-28)18(5-2)23-21(19)30-3/h6-9,14,28-29H,4-5,10-13,15H2,1-3H3,(H,24,25). The number of oxime groups is 1. The summed E-state index contributed by atoms with van der Waals surface area (Å²) in [5.41, 5.74) is 4.67. The summed E-state index contributed by atoms with van der Waals surface area (Å²) in [6, 6.07) is 10.3. The van der Waals surface area contributed by atoms with Gasteiger partial charge in [0.05, 0.1) is 13.7 Å². The normalized spacial score (nSPS) is 14.7. The van der Waals surface area contributed by atoms with E-state index >= 15 is 0 Å². The zero-order valence-corrected chi connectivity index (χ0v) is 17.9. The summed E-state index contributed by atoms with van der Waals surface area (Å²) < 4.78 is 5.40. The van der Waals surface area contributed by atoms with E-state index in [4.69, 9.17) is 4.74 Å². The van der Waals surface area contributed by atoms with Gasteiger partial charge in [-0.15, -0.1) is 0 Å². The molecular formula is C22H31N5O3. The maximum Gasteiger partial charge on any atom is 0.240 e. The van der Waals surface area contributed by atoms with Crippen molar-refractivity contribution >= 4 is 17.3 Å². The molecule has 1 aromatic carbocycles. The molecule has 30 heavy (non-hydrogen) atoms. The molecule has 0 atom stereocenters. The van der Waals surface area contributed by atoms with Crippen molar-refractivity contribution in [3.8, 4) is 5.88 Å². The van der Waals surface area contributed by atoms with Crippen molar-refractivity contribution in [1.82, 2.24) is 9.88 Å². The zero-order chi connectivity index (χ0) is 21.5. The predicted octanol–water partition coefficient (Wildman–Crippen LogP) is 2.69. The molecule has 1 fully saturated rings. The molecule has 3 rings (SSSR count). The summed E-state index contributed by atoms with van der Waals surface area (Å²) >= 11 is 0. The molecule has 0 amide bonds. The minimum atomic E-state index is -0.115. The lowest BCUT2D eigenvalue weighted by molar-refractivity contribution is 0.279. The Morgan fingerprint density at radius 1 is 1.13 bits per heavy atom. The largest absolute Gasteiger partial charge is 0.480 e. The van der Waals surface area contributed by atoms with Crippen molar-refractivity contribution in [2.45, 2.75) is 33.3 Å². The molecule has 0 aliphatic carbocycles. The van der Waals surface area contributed by atoms with Crippen molar-refractivity contribution < 1.29 is 15.1 Å². The Balaban J connectivity index is 1.73. The first-order chi connectivity index (χ1) is 14.6. The lowest BCUT2D eigenvalue weighted by Gasteiger charge is -2.38. The van der Waals surface area contributed by atoms with Gasteiger partial charge in [-0.25, -0.2) is 4.98 Å². The monoisotopic (exact) mass is 413 g/mol. The molecule has 162 valence electrons. The number of hydrogen-bond acceptors (Lipinski definition) is 6. The van der Waals surface area contributed by atoms with Gasteiger partial charge in [-0.2, -0.15) is 0 Å². The number of nitrogens with zero attached hydrogens (tertiary/aromatic N) is 4. The Kier molecular flexibility index (Phi) is 7.35. The van der Waals surface area contributed by atoms with Crippen molar-refractivity contribution in [2.24, 2.45) is 5.16 Å². The highest BCUT2D eigenvalue weighted by Crippen LogP contribution is 2.27. The number of nitrogens with one attached hydrogen (secondary N) is 1. The number of rotatable bonds is 6. The number of anilines is 2. The van der Waals surface area contributed by atoms with Crippen LogP contribution in [0.3, 0.4) is 0 Å². The fourth-order valence-corrected chi connectivity index (χ4v) is 3.83. The summed E-state index contributed by atoms with van der Waals surface area (Å²) in [5.74, 6) is 0.743. The SMILES string of the molecule is CCc1ccccc1N1CCN(C(=NO)Nc2cc(CO)c(CC)nc2OC)CC1. The van der Waals surface area contributed by atoms with Crippen molar-refractivity contribution in [1.29, 1.82) is 0 Å². The molecule has 0 saturated carbocycles.